The monoisotopic (exact) mass is 427 g/mol. The first-order valence-electron chi connectivity index (χ1n) is 6.30. The van der Waals surface area contributed by atoms with Gasteiger partial charge in [-0.3, -0.25) is 0 Å². The molecule has 1 rings (SSSR count). The van der Waals surface area contributed by atoms with Gasteiger partial charge in [0.15, 0.2) is 0 Å². The highest BCUT2D eigenvalue weighted by molar-refractivity contribution is 9.11. The molecule has 0 fully saturated rings. The number of benzene rings is 1. The lowest BCUT2D eigenvalue weighted by Gasteiger charge is -2.26. The van der Waals surface area contributed by atoms with Gasteiger partial charge in [-0.25, -0.2) is 8.42 Å². The summed E-state index contributed by atoms with van der Waals surface area (Å²) in [6.07, 6.45) is 0.419. The summed E-state index contributed by atoms with van der Waals surface area (Å²) in [6, 6.07) is 3.23. The van der Waals surface area contributed by atoms with Crippen molar-refractivity contribution < 1.29 is 13.5 Å². The molecule has 1 aromatic rings. The van der Waals surface area contributed by atoms with Crippen LogP contribution in [0.4, 0.5) is 0 Å². The van der Waals surface area contributed by atoms with Crippen LogP contribution in [-0.4, -0.2) is 37.0 Å². The highest BCUT2D eigenvalue weighted by Gasteiger charge is 2.28. The number of hydrogen-bond donors (Lipinski definition) is 1. The molecular weight excluding hydrogens is 410 g/mol. The molecule has 0 aliphatic rings. The Balaban J connectivity index is 3.29. The van der Waals surface area contributed by atoms with E-state index in [-0.39, 0.29) is 17.5 Å². The van der Waals surface area contributed by atoms with E-state index in [1.165, 1.54) is 4.31 Å². The number of halogens is 2. The molecule has 0 amide bonds. The van der Waals surface area contributed by atoms with Crippen molar-refractivity contribution in [3.8, 4) is 0 Å². The second-order valence-corrected chi connectivity index (χ2v) is 8.39. The molecule has 0 saturated heterocycles. The molecule has 20 heavy (non-hydrogen) atoms. The van der Waals surface area contributed by atoms with Gasteiger partial charge >= 0.3 is 0 Å². The first-order valence-corrected chi connectivity index (χ1v) is 9.32. The molecule has 0 atom stereocenters. The molecule has 0 unspecified atom stereocenters. The molecule has 0 bridgehead atoms. The largest absolute Gasteiger partial charge is 0.396 e. The average Bonchev–Trinajstić information content (AvgIpc) is 2.33. The molecule has 0 aliphatic carbocycles. The second kappa shape index (κ2) is 7.35. The molecule has 0 spiro atoms. The van der Waals surface area contributed by atoms with E-state index in [2.05, 4.69) is 31.9 Å². The summed E-state index contributed by atoms with van der Waals surface area (Å²) in [7, 11) is -3.60. The van der Waals surface area contributed by atoms with Crippen LogP contribution < -0.4 is 0 Å². The molecule has 0 aliphatic heterocycles. The van der Waals surface area contributed by atoms with Crippen molar-refractivity contribution in [3.05, 3.63) is 26.6 Å². The minimum atomic E-state index is -3.60. The van der Waals surface area contributed by atoms with Crippen molar-refractivity contribution in [2.45, 2.75) is 38.1 Å². The SMILES string of the molecule is Cc1cc(Br)c(S(=O)(=O)N(CCCO)C(C)C)cc1Br. The summed E-state index contributed by atoms with van der Waals surface area (Å²) < 4.78 is 28.2. The van der Waals surface area contributed by atoms with Crippen molar-refractivity contribution in [3.63, 3.8) is 0 Å². The lowest BCUT2D eigenvalue weighted by atomic mass is 10.2. The van der Waals surface area contributed by atoms with Crippen LogP contribution in [0.5, 0.6) is 0 Å². The number of hydrogen-bond acceptors (Lipinski definition) is 3. The fourth-order valence-corrected chi connectivity index (χ4v) is 5.15. The van der Waals surface area contributed by atoms with E-state index in [4.69, 9.17) is 5.11 Å². The van der Waals surface area contributed by atoms with Gasteiger partial charge in [-0.05, 0) is 60.8 Å². The Hall–Kier alpha value is 0.0500. The predicted molar refractivity (Wildman–Crippen MR) is 87.3 cm³/mol. The third-order valence-corrected chi connectivity index (χ3v) is 6.80. The lowest BCUT2D eigenvalue weighted by Crippen LogP contribution is -2.38. The molecule has 1 aromatic carbocycles. The van der Waals surface area contributed by atoms with Gasteiger partial charge in [-0.15, -0.1) is 0 Å². The van der Waals surface area contributed by atoms with Crippen LogP contribution in [0.15, 0.2) is 26.0 Å². The zero-order chi connectivity index (χ0) is 15.5. The van der Waals surface area contributed by atoms with E-state index in [1.54, 1.807) is 12.1 Å². The third kappa shape index (κ3) is 4.04. The maximum absolute atomic E-state index is 12.8. The lowest BCUT2D eigenvalue weighted by molar-refractivity contribution is 0.258. The zero-order valence-electron chi connectivity index (χ0n) is 11.7. The van der Waals surface area contributed by atoms with Crippen LogP contribution in [0.25, 0.3) is 0 Å². The van der Waals surface area contributed by atoms with Crippen molar-refractivity contribution in [2.75, 3.05) is 13.2 Å². The van der Waals surface area contributed by atoms with Gasteiger partial charge in [0.1, 0.15) is 0 Å². The van der Waals surface area contributed by atoms with Crippen LogP contribution in [0, 0.1) is 6.92 Å². The second-order valence-electron chi connectivity index (χ2n) is 4.82. The van der Waals surface area contributed by atoms with Gasteiger partial charge in [-0.1, -0.05) is 15.9 Å². The van der Waals surface area contributed by atoms with Gasteiger partial charge in [0.05, 0.1) is 4.90 Å². The Morgan fingerprint density at radius 3 is 2.35 bits per heavy atom. The minimum absolute atomic E-state index is 0.0303. The van der Waals surface area contributed by atoms with Gasteiger partial charge in [-0.2, -0.15) is 4.31 Å². The Bertz CT molecular complexity index is 573. The molecular formula is C13H19Br2NO3S. The van der Waals surface area contributed by atoms with Crippen LogP contribution in [0.3, 0.4) is 0 Å². The molecule has 7 heteroatoms. The summed E-state index contributed by atoms with van der Waals surface area (Å²) in [4.78, 5) is 0.238. The fraction of sp³-hybridized carbons (Fsp3) is 0.538. The molecule has 0 saturated carbocycles. The number of aryl methyl sites for hydroxylation is 1. The summed E-state index contributed by atoms with van der Waals surface area (Å²) in [5, 5.41) is 8.93. The van der Waals surface area contributed by atoms with Crippen molar-refractivity contribution in [1.29, 1.82) is 0 Å². The van der Waals surface area contributed by atoms with E-state index in [0.717, 1.165) is 10.0 Å². The number of aliphatic hydroxyl groups is 1. The molecule has 0 aromatic heterocycles. The highest BCUT2D eigenvalue weighted by atomic mass is 79.9. The Kier molecular flexibility index (Phi) is 6.66. The van der Waals surface area contributed by atoms with E-state index in [1.807, 2.05) is 20.8 Å². The average molecular weight is 429 g/mol. The maximum Gasteiger partial charge on any atom is 0.244 e. The van der Waals surface area contributed by atoms with Crippen molar-refractivity contribution in [1.82, 2.24) is 4.31 Å². The Labute approximate surface area is 137 Å². The fourth-order valence-electron chi connectivity index (χ4n) is 1.83. The van der Waals surface area contributed by atoms with E-state index < -0.39 is 10.0 Å². The van der Waals surface area contributed by atoms with Gasteiger partial charge in [0.25, 0.3) is 0 Å². The summed E-state index contributed by atoms with van der Waals surface area (Å²) in [5.74, 6) is 0. The molecule has 4 nitrogen and oxygen atoms in total. The maximum atomic E-state index is 12.8. The minimum Gasteiger partial charge on any atom is -0.396 e. The molecule has 114 valence electrons. The third-order valence-electron chi connectivity index (χ3n) is 2.91. The predicted octanol–water partition coefficient (Wildman–Crippen LogP) is 3.30. The van der Waals surface area contributed by atoms with Crippen molar-refractivity contribution >= 4 is 41.9 Å². The number of nitrogens with zero attached hydrogens (tertiary/aromatic N) is 1. The standard InChI is InChI=1S/C13H19Br2NO3S/c1-9(2)16(5-4-6-17)20(18,19)13-8-11(14)10(3)7-12(13)15/h7-9,17H,4-6H2,1-3H3. The zero-order valence-corrected chi connectivity index (χ0v) is 15.7. The number of sulfonamides is 1. The molecule has 1 N–H and O–H groups in total. The van der Waals surface area contributed by atoms with Gasteiger partial charge in [0.2, 0.25) is 10.0 Å². The van der Waals surface area contributed by atoms with Crippen molar-refractivity contribution in [2.24, 2.45) is 0 Å². The Morgan fingerprint density at radius 1 is 1.25 bits per heavy atom. The van der Waals surface area contributed by atoms with Gasteiger partial charge < -0.3 is 5.11 Å². The van der Waals surface area contributed by atoms with Crippen LogP contribution in [-0.2, 0) is 10.0 Å². The highest BCUT2D eigenvalue weighted by Crippen LogP contribution is 2.31. The van der Waals surface area contributed by atoms with E-state index >= 15 is 0 Å². The van der Waals surface area contributed by atoms with E-state index in [9.17, 15) is 8.42 Å². The quantitative estimate of drug-likeness (QED) is 0.756. The number of aliphatic hydroxyl groups excluding tert-OH is 1. The normalized spacial score (nSPS) is 12.4. The molecule has 0 heterocycles. The van der Waals surface area contributed by atoms with Crippen LogP contribution >= 0.6 is 31.9 Å². The first kappa shape index (κ1) is 18.1. The van der Waals surface area contributed by atoms with Gasteiger partial charge in [0, 0.05) is 28.1 Å². The summed E-state index contributed by atoms with van der Waals surface area (Å²) >= 11 is 6.69. The summed E-state index contributed by atoms with van der Waals surface area (Å²) in [6.45, 7) is 5.82. The van der Waals surface area contributed by atoms with E-state index in [0.29, 0.717) is 17.4 Å². The molecule has 0 radical (unpaired) electrons. The van der Waals surface area contributed by atoms with Crippen LogP contribution in [0.2, 0.25) is 0 Å². The number of rotatable bonds is 6. The smallest absolute Gasteiger partial charge is 0.244 e. The van der Waals surface area contributed by atoms with Crippen LogP contribution in [0.1, 0.15) is 25.8 Å². The summed E-state index contributed by atoms with van der Waals surface area (Å²) in [5.41, 5.74) is 0.960. The first-order chi connectivity index (χ1) is 9.21. The Morgan fingerprint density at radius 2 is 1.85 bits per heavy atom. The topological polar surface area (TPSA) is 57.6 Å².